The Bertz CT molecular complexity index is 1220. The highest BCUT2D eigenvalue weighted by molar-refractivity contribution is 7.92. The van der Waals surface area contributed by atoms with Crippen LogP contribution >= 0.6 is 0 Å². The third kappa shape index (κ3) is 4.69. The van der Waals surface area contributed by atoms with Crippen molar-refractivity contribution in [3.05, 3.63) is 94.3 Å². The molecule has 160 valence electrons. The largest absolute Gasteiger partial charge is 0.319 e. The van der Waals surface area contributed by atoms with E-state index in [0.29, 0.717) is 5.69 Å². The molecule has 0 radical (unpaired) electrons. The SMILES string of the molecule is CCN(c1ccccc1)S(=O)(=O)c1ccc(C(=O)Nc2cc([N+](=O)[O-])ccc2F)cc1. The number of carbonyl (C=O) groups is 1. The Morgan fingerprint density at radius 2 is 1.71 bits per heavy atom. The standard InChI is InChI=1S/C21H18FN3O5S/c1-2-24(16-6-4-3-5-7-16)31(29,30)18-11-8-15(9-12-18)21(26)23-20-14-17(25(27)28)10-13-19(20)22/h3-14H,2H2,1H3,(H,23,26). The number of hydrogen-bond donors (Lipinski definition) is 1. The van der Waals surface area contributed by atoms with E-state index in [1.54, 1.807) is 37.3 Å². The van der Waals surface area contributed by atoms with Crippen molar-refractivity contribution in [1.82, 2.24) is 0 Å². The van der Waals surface area contributed by atoms with Gasteiger partial charge in [-0.3, -0.25) is 19.2 Å². The van der Waals surface area contributed by atoms with Gasteiger partial charge in [0.15, 0.2) is 0 Å². The van der Waals surface area contributed by atoms with E-state index in [9.17, 15) is 27.7 Å². The number of halogens is 1. The van der Waals surface area contributed by atoms with Gasteiger partial charge in [0.2, 0.25) is 0 Å². The number of nitrogens with one attached hydrogen (secondary N) is 1. The van der Waals surface area contributed by atoms with Gasteiger partial charge in [-0.2, -0.15) is 0 Å². The summed E-state index contributed by atoms with van der Waals surface area (Å²) in [6.07, 6.45) is 0. The molecule has 0 heterocycles. The van der Waals surface area contributed by atoms with Crippen LogP contribution in [0.25, 0.3) is 0 Å². The summed E-state index contributed by atoms with van der Waals surface area (Å²) in [5.41, 5.74) is -0.156. The number of nitro groups is 1. The number of hydrogen-bond acceptors (Lipinski definition) is 5. The fourth-order valence-corrected chi connectivity index (χ4v) is 4.38. The number of nitrogens with zero attached hydrogens (tertiary/aromatic N) is 2. The summed E-state index contributed by atoms with van der Waals surface area (Å²) >= 11 is 0. The zero-order valence-corrected chi connectivity index (χ0v) is 17.2. The summed E-state index contributed by atoms with van der Waals surface area (Å²) < 4.78 is 41.1. The number of rotatable bonds is 7. The fourth-order valence-electron chi connectivity index (χ4n) is 2.91. The average molecular weight is 443 g/mol. The number of carbonyl (C=O) groups excluding carboxylic acids is 1. The summed E-state index contributed by atoms with van der Waals surface area (Å²) in [5.74, 6) is -1.57. The molecule has 0 spiro atoms. The molecule has 3 aromatic rings. The molecule has 1 N–H and O–H groups in total. The van der Waals surface area contributed by atoms with Crippen molar-refractivity contribution >= 4 is 33.0 Å². The first-order valence-corrected chi connectivity index (χ1v) is 10.6. The Labute approximate surface area is 178 Å². The van der Waals surface area contributed by atoms with Crippen molar-refractivity contribution in [2.45, 2.75) is 11.8 Å². The molecule has 10 heteroatoms. The summed E-state index contributed by atoms with van der Waals surface area (Å²) in [5, 5.41) is 13.1. The maximum Gasteiger partial charge on any atom is 0.271 e. The van der Waals surface area contributed by atoms with Gasteiger partial charge >= 0.3 is 0 Å². The lowest BCUT2D eigenvalue weighted by Gasteiger charge is -2.23. The smallest absolute Gasteiger partial charge is 0.271 e. The molecule has 0 aliphatic carbocycles. The molecule has 0 aliphatic rings. The van der Waals surface area contributed by atoms with Crippen LogP contribution in [0.2, 0.25) is 0 Å². The van der Waals surface area contributed by atoms with E-state index < -0.39 is 26.7 Å². The van der Waals surface area contributed by atoms with E-state index >= 15 is 0 Å². The number of amides is 1. The van der Waals surface area contributed by atoms with E-state index in [1.807, 2.05) is 0 Å². The summed E-state index contributed by atoms with van der Waals surface area (Å²) in [4.78, 5) is 22.5. The molecule has 0 saturated heterocycles. The van der Waals surface area contributed by atoms with Gasteiger partial charge in [0.05, 0.1) is 21.2 Å². The van der Waals surface area contributed by atoms with Gasteiger partial charge in [0.25, 0.3) is 21.6 Å². The fraction of sp³-hybridized carbons (Fsp3) is 0.0952. The van der Waals surface area contributed by atoms with Crippen molar-refractivity contribution in [2.75, 3.05) is 16.2 Å². The van der Waals surface area contributed by atoms with Gasteiger partial charge in [0.1, 0.15) is 5.82 Å². The van der Waals surface area contributed by atoms with Crippen LogP contribution < -0.4 is 9.62 Å². The number of benzene rings is 3. The van der Waals surface area contributed by atoms with Crippen molar-refractivity contribution in [1.29, 1.82) is 0 Å². The van der Waals surface area contributed by atoms with Crippen LogP contribution in [0.1, 0.15) is 17.3 Å². The van der Waals surface area contributed by atoms with Crippen LogP contribution in [0.4, 0.5) is 21.5 Å². The molecule has 3 aromatic carbocycles. The Morgan fingerprint density at radius 3 is 2.29 bits per heavy atom. The Morgan fingerprint density at radius 1 is 1.06 bits per heavy atom. The van der Waals surface area contributed by atoms with Crippen LogP contribution in [0.15, 0.2) is 77.7 Å². The topological polar surface area (TPSA) is 110 Å². The maximum atomic E-state index is 13.9. The van der Waals surface area contributed by atoms with Gasteiger partial charge in [-0.15, -0.1) is 0 Å². The van der Waals surface area contributed by atoms with E-state index in [1.165, 1.54) is 28.6 Å². The number of non-ortho nitro benzene ring substituents is 1. The quantitative estimate of drug-likeness (QED) is 0.435. The van der Waals surface area contributed by atoms with E-state index in [0.717, 1.165) is 18.2 Å². The second-order valence-electron chi connectivity index (χ2n) is 6.41. The minimum atomic E-state index is -3.86. The van der Waals surface area contributed by atoms with Gasteiger partial charge in [-0.05, 0) is 49.4 Å². The highest BCUT2D eigenvalue weighted by Crippen LogP contribution is 2.25. The predicted octanol–water partition coefficient (Wildman–Crippen LogP) is 4.20. The zero-order valence-electron chi connectivity index (χ0n) is 16.4. The van der Waals surface area contributed by atoms with Crippen LogP contribution in [0, 0.1) is 15.9 Å². The first kappa shape index (κ1) is 21.9. The van der Waals surface area contributed by atoms with Crippen molar-refractivity contribution in [3.63, 3.8) is 0 Å². The molecule has 0 aliphatic heterocycles. The Balaban J connectivity index is 1.83. The molecule has 31 heavy (non-hydrogen) atoms. The lowest BCUT2D eigenvalue weighted by atomic mass is 10.2. The van der Waals surface area contributed by atoms with Gasteiger partial charge in [-0.1, -0.05) is 18.2 Å². The lowest BCUT2D eigenvalue weighted by molar-refractivity contribution is -0.384. The molecule has 0 fully saturated rings. The highest BCUT2D eigenvalue weighted by atomic mass is 32.2. The number of anilines is 2. The van der Waals surface area contributed by atoms with Crippen LogP contribution in [0.3, 0.4) is 0 Å². The molecular weight excluding hydrogens is 425 g/mol. The number of sulfonamides is 1. The predicted molar refractivity (Wildman–Crippen MR) is 114 cm³/mol. The molecule has 0 bridgehead atoms. The maximum absolute atomic E-state index is 13.9. The minimum Gasteiger partial charge on any atom is -0.319 e. The Kier molecular flexibility index (Phi) is 6.30. The summed E-state index contributed by atoms with van der Waals surface area (Å²) in [6.45, 7) is 1.92. The van der Waals surface area contributed by atoms with Crippen molar-refractivity contribution in [3.8, 4) is 0 Å². The third-order valence-corrected chi connectivity index (χ3v) is 6.36. The van der Waals surface area contributed by atoms with Crippen LogP contribution in [0.5, 0.6) is 0 Å². The lowest BCUT2D eigenvalue weighted by Crippen LogP contribution is -2.30. The van der Waals surface area contributed by atoms with Crippen LogP contribution in [-0.2, 0) is 10.0 Å². The molecule has 0 saturated carbocycles. The summed E-state index contributed by atoms with van der Waals surface area (Å²) in [7, 11) is -3.86. The third-order valence-electron chi connectivity index (χ3n) is 4.44. The summed E-state index contributed by atoms with van der Waals surface area (Å²) in [6, 6.07) is 16.5. The molecule has 0 atom stereocenters. The monoisotopic (exact) mass is 443 g/mol. The molecule has 3 rings (SSSR count). The van der Waals surface area contributed by atoms with Gasteiger partial charge in [-0.25, -0.2) is 12.8 Å². The average Bonchev–Trinajstić information content (AvgIpc) is 2.76. The molecule has 1 amide bonds. The number of para-hydroxylation sites is 1. The first-order chi connectivity index (χ1) is 14.7. The van der Waals surface area contributed by atoms with E-state index in [2.05, 4.69) is 5.32 Å². The zero-order chi connectivity index (χ0) is 22.6. The second kappa shape index (κ2) is 8.92. The second-order valence-corrected chi connectivity index (χ2v) is 8.27. The van der Waals surface area contributed by atoms with Crippen molar-refractivity contribution < 1.29 is 22.5 Å². The van der Waals surface area contributed by atoms with E-state index in [4.69, 9.17) is 0 Å². The molecular formula is C21H18FN3O5S. The molecule has 8 nitrogen and oxygen atoms in total. The van der Waals surface area contributed by atoms with E-state index in [-0.39, 0.29) is 28.4 Å². The first-order valence-electron chi connectivity index (χ1n) is 9.17. The van der Waals surface area contributed by atoms with Crippen molar-refractivity contribution in [2.24, 2.45) is 0 Å². The minimum absolute atomic E-state index is 0.0173. The highest BCUT2D eigenvalue weighted by Gasteiger charge is 2.24. The van der Waals surface area contributed by atoms with Crippen LogP contribution in [-0.4, -0.2) is 25.8 Å². The number of nitro benzene ring substituents is 1. The Hall–Kier alpha value is -3.79. The van der Waals surface area contributed by atoms with Gasteiger partial charge < -0.3 is 5.32 Å². The van der Waals surface area contributed by atoms with Gasteiger partial charge in [0, 0.05) is 24.2 Å². The normalized spacial score (nSPS) is 11.0. The molecule has 0 aromatic heterocycles. The molecule has 0 unspecified atom stereocenters.